The summed E-state index contributed by atoms with van der Waals surface area (Å²) in [4.78, 5) is 12.8. The van der Waals surface area contributed by atoms with E-state index in [4.69, 9.17) is 5.84 Å². The number of imidazole rings is 1. The predicted molar refractivity (Wildman–Crippen MR) is 58.9 cm³/mol. The number of rotatable bonds is 3. The lowest BCUT2D eigenvalue weighted by molar-refractivity contribution is 0.878. The van der Waals surface area contributed by atoms with Crippen molar-refractivity contribution in [3.63, 3.8) is 0 Å². The molecule has 0 unspecified atom stereocenters. The Morgan fingerprint density at radius 3 is 2.88 bits per heavy atom. The van der Waals surface area contributed by atoms with E-state index in [-0.39, 0.29) is 0 Å². The Bertz CT molecular complexity index is 488. The van der Waals surface area contributed by atoms with Crippen molar-refractivity contribution in [1.82, 2.24) is 19.5 Å². The third-order valence-electron chi connectivity index (χ3n) is 2.59. The van der Waals surface area contributed by atoms with E-state index in [9.17, 15) is 0 Å². The first-order chi connectivity index (χ1) is 7.86. The van der Waals surface area contributed by atoms with E-state index in [1.807, 2.05) is 10.8 Å². The molecule has 0 saturated heterocycles. The number of hydrazine groups is 1. The van der Waals surface area contributed by atoms with Crippen molar-refractivity contribution < 1.29 is 0 Å². The Morgan fingerprint density at radius 1 is 1.38 bits per heavy atom. The van der Waals surface area contributed by atoms with Gasteiger partial charge < -0.3 is 5.43 Å². The molecule has 1 aliphatic carbocycles. The first-order valence-corrected chi connectivity index (χ1v) is 5.21. The second-order valence-electron chi connectivity index (χ2n) is 3.86. The van der Waals surface area contributed by atoms with E-state index in [2.05, 4.69) is 20.4 Å². The number of nitrogens with two attached hydrogens (primary N) is 1. The van der Waals surface area contributed by atoms with Gasteiger partial charge in [0, 0.05) is 24.4 Å². The molecule has 1 aliphatic rings. The van der Waals surface area contributed by atoms with Crippen LogP contribution in [0.5, 0.6) is 0 Å². The molecule has 2 heterocycles. The Kier molecular flexibility index (Phi) is 2.07. The summed E-state index contributed by atoms with van der Waals surface area (Å²) < 4.78 is 1.84. The van der Waals surface area contributed by atoms with Crippen LogP contribution in [0.3, 0.4) is 0 Å². The maximum Gasteiger partial charge on any atom is 0.145 e. The van der Waals surface area contributed by atoms with E-state index in [0.717, 1.165) is 24.5 Å². The van der Waals surface area contributed by atoms with Crippen LogP contribution in [0.2, 0.25) is 0 Å². The highest BCUT2D eigenvalue weighted by molar-refractivity contribution is 5.41. The van der Waals surface area contributed by atoms with Gasteiger partial charge in [-0.3, -0.25) is 4.57 Å². The van der Waals surface area contributed by atoms with Gasteiger partial charge in [0.1, 0.15) is 23.8 Å². The highest BCUT2D eigenvalue weighted by atomic mass is 15.3. The van der Waals surface area contributed by atoms with Crippen LogP contribution in [-0.2, 0) is 0 Å². The molecular formula is C10H12N6. The second-order valence-corrected chi connectivity index (χ2v) is 3.86. The summed E-state index contributed by atoms with van der Waals surface area (Å²) in [5.74, 6) is 8.19. The summed E-state index contributed by atoms with van der Waals surface area (Å²) in [6.07, 6.45) is 7.60. The fraction of sp³-hybridized carbons (Fsp3) is 0.300. The minimum atomic E-state index is 0.496. The lowest BCUT2D eigenvalue weighted by Gasteiger charge is -2.07. The Hall–Kier alpha value is -1.95. The largest absolute Gasteiger partial charge is 0.308 e. The molecule has 16 heavy (non-hydrogen) atoms. The average Bonchev–Trinajstić information content (AvgIpc) is 3.04. The maximum atomic E-state index is 5.40. The molecule has 1 fully saturated rings. The number of anilines is 1. The molecule has 6 heteroatoms. The summed E-state index contributed by atoms with van der Waals surface area (Å²) in [5, 5.41) is 0. The van der Waals surface area contributed by atoms with Crippen molar-refractivity contribution in [3.8, 4) is 5.82 Å². The standard InChI is InChI=1S/C10H12N6/c11-15-8-5-9(16-4-3-12-6-16)14-10(13-8)7-1-2-7/h3-7H,1-2,11H2,(H,13,14,15). The van der Waals surface area contributed by atoms with Crippen LogP contribution in [0.15, 0.2) is 24.8 Å². The predicted octanol–water partition coefficient (Wildman–Crippen LogP) is 0.825. The van der Waals surface area contributed by atoms with Gasteiger partial charge in [-0.2, -0.15) is 0 Å². The number of hydrogen-bond acceptors (Lipinski definition) is 5. The topological polar surface area (TPSA) is 81.6 Å². The van der Waals surface area contributed by atoms with Gasteiger partial charge in [-0.1, -0.05) is 0 Å². The molecule has 82 valence electrons. The van der Waals surface area contributed by atoms with Crippen molar-refractivity contribution in [3.05, 3.63) is 30.6 Å². The van der Waals surface area contributed by atoms with Crippen molar-refractivity contribution >= 4 is 5.82 Å². The van der Waals surface area contributed by atoms with Gasteiger partial charge in [-0.25, -0.2) is 20.8 Å². The van der Waals surface area contributed by atoms with E-state index >= 15 is 0 Å². The first kappa shape index (κ1) is 9.29. The second kappa shape index (κ2) is 3.57. The third kappa shape index (κ3) is 1.63. The molecule has 0 spiro atoms. The number of nitrogens with one attached hydrogen (secondary N) is 1. The van der Waals surface area contributed by atoms with E-state index in [1.54, 1.807) is 18.6 Å². The summed E-state index contributed by atoms with van der Waals surface area (Å²) in [6.45, 7) is 0. The molecule has 0 atom stereocenters. The van der Waals surface area contributed by atoms with Crippen LogP contribution < -0.4 is 11.3 Å². The van der Waals surface area contributed by atoms with Crippen molar-refractivity contribution in [1.29, 1.82) is 0 Å². The quantitative estimate of drug-likeness (QED) is 0.586. The Morgan fingerprint density at radius 2 is 2.25 bits per heavy atom. The summed E-state index contributed by atoms with van der Waals surface area (Å²) >= 11 is 0. The fourth-order valence-corrected chi connectivity index (χ4v) is 1.58. The van der Waals surface area contributed by atoms with Gasteiger partial charge in [-0.15, -0.1) is 0 Å². The zero-order valence-corrected chi connectivity index (χ0v) is 8.67. The number of aromatic nitrogens is 4. The van der Waals surface area contributed by atoms with E-state index < -0.39 is 0 Å². The maximum absolute atomic E-state index is 5.40. The molecule has 1 saturated carbocycles. The summed E-state index contributed by atoms with van der Waals surface area (Å²) in [6, 6.07) is 1.80. The van der Waals surface area contributed by atoms with Crippen LogP contribution in [0.1, 0.15) is 24.6 Å². The highest BCUT2D eigenvalue weighted by Gasteiger charge is 2.27. The number of nitrogen functional groups attached to an aromatic ring is 1. The van der Waals surface area contributed by atoms with Gasteiger partial charge in [0.15, 0.2) is 0 Å². The van der Waals surface area contributed by atoms with Crippen LogP contribution in [0.4, 0.5) is 5.82 Å². The lowest BCUT2D eigenvalue weighted by Crippen LogP contribution is -2.11. The van der Waals surface area contributed by atoms with Gasteiger partial charge >= 0.3 is 0 Å². The SMILES string of the molecule is NNc1cc(-n2ccnc2)nc(C2CC2)n1. The van der Waals surface area contributed by atoms with Crippen LogP contribution in [-0.4, -0.2) is 19.5 Å². The minimum absolute atomic E-state index is 0.496. The Balaban J connectivity index is 2.06. The Labute approximate surface area is 92.5 Å². The zero-order chi connectivity index (χ0) is 11.0. The first-order valence-electron chi connectivity index (χ1n) is 5.21. The van der Waals surface area contributed by atoms with Gasteiger partial charge in [-0.05, 0) is 12.8 Å². The van der Waals surface area contributed by atoms with Crippen molar-refractivity contribution in [2.45, 2.75) is 18.8 Å². The molecule has 0 aromatic carbocycles. The summed E-state index contributed by atoms with van der Waals surface area (Å²) in [7, 11) is 0. The molecule has 2 aromatic rings. The molecule has 3 rings (SSSR count). The van der Waals surface area contributed by atoms with Crippen LogP contribution in [0.25, 0.3) is 5.82 Å². The van der Waals surface area contributed by atoms with Crippen molar-refractivity contribution in [2.75, 3.05) is 5.43 Å². The monoisotopic (exact) mass is 216 g/mol. The third-order valence-corrected chi connectivity index (χ3v) is 2.59. The number of hydrogen-bond donors (Lipinski definition) is 2. The van der Waals surface area contributed by atoms with Gasteiger partial charge in [0.25, 0.3) is 0 Å². The van der Waals surface area contributed by atoms with E-state index in [1.165, 1.54) is 0 Å². The smallest absolute Gasteiger partial charge is 0.145 e. The van der Waals surface area contributed by atoms with Crippen LogP contribution >= 0.6 is 0 Å². The van der Waals surface area contributed by atoms with Crippen LogP contribution in [0, 0.1) is 0 Å². The molecule has 3 N–H and O–H groups in total. The fourth-order valence-electron chi connectivity index (χ4n) is 1.58. The lowest BCUT2D eigenvalue weighted by atomic mass is 10.4. The number of nitrogens with zero attached hydrogens (tertiary/aromatic N) is 4. The molecule has 2 aromatic heterocycles. The van der Waals surface area contributed by atoms with Crippen molar-refractivity contribution in [2.24, 2.45) is 5.84 Å². The van der Waals surface area contributed by atoms with Gasteiger partial charge in [0.05, 0.1) is 0 Å². The minimum Gasteiger partial charge on any atom is -0.308 e. The normalized spacial score (nSPS) is 15.1. The molecule has 0 aliphatic heterocycles. The molecule has 0 amide bonds. The zero-order valence-electron chi connectivity index (χ0n) is 8.67. The molecular weight excluding hydrogens is 204 g/mol. The molecule has 6 nitrogen and oxygen atoms in total. The van der Waals surface area contributed by atoms with Gasteiger partial charge in [0.2, 0.25) is 0 Å². The average molecular weight is 216 g/mol. The highest BCUT2D eigenvalue weighted by Crippen LogP contribution is 2.38. The van der Waals surface area contributed by atoms with E-state index in [0.29, 0.717) is 11.7 Å². The molecule has 0 bridgehead atoms. The summed E-state index contributed by atoms with van der Waals surface area (Å²) in [5.41, 5.74) is 2.57. The molecule has 0 radical (unpaired) electrons.